The highest BCUT2D eigenvalue weighted by Crippen LogP contribution is 2.24. The summed E-state index contributed by atoms with van der Waals surface area (Å²) >= 11 is 0. The van der Waals surface area contributed by atoms with Crippen LogP contribution in [0.3, 0.4) is 0 Å². The van der Waals surface area contributed by atoms with Crippen LogP contribution in [0.25, 0.3) is 0 Å². The number of aryl methyl sites for hydroxylation is 1. The van der Waals surface area contributed by atoms with Crippen LogP contribution in [0.1, 0.15) is 32.3 Å². The monoisotopic (exact) mass is 220 g/mol. The summed E-state index contributed by atoms with van der Waals surface area (Å²) in [6.07, 6.45) is 3.51. The van der Waals surface area contributed by atoms with Gasteiger partial charge in [-0.3, -0.25) is 0 Å². The molecule has 2 nitrogen and oxygen atoms in total. The third-order valence-corrected chi connectivity index (χ3v) is 2.94. The van der Waals surface area contributed by atoms with E-state index in [0.717, 1.165) is 25.9 Å². The second-order valence-corrected chi connectivity index (χ2v) is 4.80. The van der Waals surface area contributed by atoms with Gasteiger partial charge in [0.05, 0.1) is 12.7 Å². The number of benzene rings is 1. The Hall–Kier alpha value is -0.860. The lowest BCUT2D eigenvalue weighted by Crippen LogP contribution is -2.39. The summed E-state index contributed by atoms with van der Waals surface area (Å²) in [5.41, 5.74) is 1.38. The highest BCUT2D eigenvalue weighted by molar-refractivity contribution is 5.14. The maximum Gasteiger partial charge on any atom is 0.163 e. The van der Waals surface area contributed by atoms with E-state index in [9.17, 15) is 0 Å². The van der Waals surface area contributed by atoms with Crippen molar-refractivity contribution in [2.45, 2.75) is 45.0 Å². The molecule has 0 saturated carbocycles. The van der Waals surface area contributed by atoms with Crippen molar-refractivity contribution >= 4 is 0 Å². The first-order chi connectivity index (χ1) is 7.66. The molecule has 1 fully saturated rings. The van der Waals surface area contributed by atoms with Crippen LogP contribution in [-0.2, 0) is 15.9 Å². The molecule has 0 aliphatic carbocycles. The van der Waals surface area contributed by atoms with E-state index in [1.807, 2.05) is 13.8 Å². The summed E-state index contributed by atoms with van der Waals surface area (Å²) < 4.78 is 11.4. The first-order valence-corrected chi connectivity index (χ1v) is 6.01. The zero-order chi connectivity index (χ0) is 11.4. The maximum absolute atomic E-state index is 5.87. The van der Waals surface area contributed by atoms with Crippen molar-refractivity contribution in [1.82, 2.24) is 0 Å². The van der Waals surface area contributed by atoms with Gasteiger partial charge in [-0.25, -0.2) is 0 Å². The fourth-order valence-corrected chi connectivity index (χ4v) is 2.11. The average molecular weight is 220 g/mol. The topological polar surface area (TPSA) is 18.5 Å². The van der Waals surface area contributed by atoms with E-state index < -0.39 is 5.79 Å². The van der Waals surface area contributed by atoms with Crippen LogP contribution in [0, 0.1) is 0 Å². The highest BCUT2D eigenvalue weighted by atomic mass is 16.7. The standard InChI is InChI=1S/C14H20O2/c1-14(2)15-11-10-13(16-14)9-8-12-6-4-3-5-7-12/h3-7,13H,8-11H2,1-2H3/t13-/m1/s1. The maximum atomic E-state index is 5.87. The zero-order valence-corrected chi connectivity index (χ0v) is 10.1. The fraction of sp³-hybridized carbons (Fsp3) is 0.571. The summed E-state index contributed by atoms with van der Waals surface area (Å²) in [5, 5.41) is 0. The molecule has 1 aliphatic heterocycles. The molecular weight excluding hydrogens is 200 g/mol. The van der Waals surface area contributed by atoms with Gasteiger partial charge in [0.1, 0.15) is 0 Å². The van der Waals surface area contributed by atoms with E-state index in [1.165, 1.54) is 5.56 Å². The summed E-state index contributed by atoms with van der Waals surface area (Å²) in [6.45, 7) is 4.79. The normalized spacial score (nSPS) is 24.2. The molecule has 0 unspecified atom stereocenters. The first-order valence-electron chi connectivity index (χ1n) is 6.01. The molecule has 2 heteroatoms. The van der Waals surface area contributed by atoms with Crippen LogP contribution in [-0.4, -0.2) is 18.5 Å². The Bertz CT molecular complexity index is 319. The van der Waals surface area contributed by atoms with Crippen LogP contribution in [0.4, 0.5) is 0 Å². The van der Waals surface area contributed by atoms with Crippen molar-refractivity contribution in [2.24, 2.45) is 0 Å². The van der Waals surface area contributed by atoms with Crippen LogP contribution >= 0.6 is 0 Å². The smallest absolute Gasteiger partial charge is 0.163 e. The molecule has 0 bridgehead atoms. The predicted molar refractivity (Wildman–Crippen MR) is 64.3 cm³/mol. The van der Waals surface area contributed by atoms with Gasteiger partial charge in [-0.05, 0) is 38.7 Å². The van der Waals surface area contributed by atoms with E-state index in [1.54, 1.807) is 0 Å². The van der Waals surface area contributed by atoms with E-state index in [0.29, 0.717) is 6.10 Å². The average Bonchev–Trinajstić information content (AvgIpc) is 2.27. The second kappa shape index (κ2) is 4.98. The second-order valence-electron chi connectivity index (χ2n) is 4.80. The molecule has 0 spiro atoms. The molecule has 1 aromatic rings. The number of rotatable bonds is 3. The molecule has 2 rings (SSSR count). The van der Waals surface area contributed by atoms with Gasteiger partial charge in [-0.1, -0.05) is 30.3 Å². The lowest BCUT2D eigenvalue weighted by Gasteiger charge is -2.36. The van der Waals surface area contributed by atoms with Gasteiger partial charge in [0.2, 0.25) is 0 Å². The molecule has 1 aliphatic rings. The van der Waals surface area contributed by atoms with Gasteiger partial charge >= 0.3 is 0 Å². The lowest BCUT2D eigenvalue weighted by atomic mass is 10.0. The van der Waals surface area contributed by atoms with Gasteiger partial charge < -0.3 is 9.47 Å². The van der Waals surface area contributed by atoms with Gasteiger partial charge in [0.15, 0.2) is 5.79 Å². The summed E-state index contributed by atoms with van der Waals surface area (Å²) in [7, 11) is 0. The fourth-order valence-electron chi connectivity index (χ4n) is 2.11. The van der Waals surface area contributed by atoms with Gasteiger partial charge in [-0.15, -0.1) is 0 Å². The van der Waals surface area contributed by atoms with Gasteiger partial charge in [-0.2, -0.15) is 0 Å². The van der Waals surface area contributed by atoms with E-state index in [2.05, 4.69) is 30.3 Å². The Balaban J connectivity index is 1.82. The summed E-state index contributed by atoms with van der Waals surface area (Å²) in [4.78, 5) is 0. The van der Waals surface area contributed by atoms with E-state index in [4.69, 9.17) is 9.47 Å². The van der Waals surface area contributed by atoms with Crippen molar-refractivity contribution in [3.05, 3.63) is 35.9 Å². The highest BCUT2D eigenvalue weighted by Gasteiger charge is 2.28. The van der Waals surface area contributed by atoms with Crippen molar-refractivity contribution in [3.8, 4) is 0 Å². The molecule has 16 heavy (non-hydrogen) atoms. The molecule has 1 atom stereocenters. The van der Waals surface area contributed by atoms with E-state index >= 15 is 0 Å². The molecule has 1 aromatic carbocycles. The first kappa shape index (κ1) is 11.6. The van der Waals surface area contributed by atoms with Crippen LogP contribution in [0.5, 0.6) is 0 Å². The van der Waals surface area contributed by atoms with Crippen molar-refractivity contribution in [3.63, 3.8) is 0 Å². The third-order valence-electron chi connectivity index (χ3n) is 2.94. The number of hydrogen-bond donors (Lipinski definition) is 0. The van der Waals surface area contributed by atoms with Crippen molar-refractivity contribution in [1.29, 1.82) is 0 Å². The Labute approximate surface area is 97.6 Å². The minimum Gasteiger partial charge on any atom is -0.350 e. The Morgan fingerprint density at radius 3 is 2.69 bits per heavy atom. The van der Waals surface area contributed by atoms with Crippen LogP contribution in [0.2, 0.25) is 0 Å². The molecular formula is C14H20O2. The SMILES string of the molecule is CC1(C)OCC[C@@H](CCc2ccccc2)O1. The molecule has 0 radical (unpaired) electrons. The lowest BCUT2D eigenvalue weighted by molar-refractivity contribution is -0.273. The molecule has 0 N–H and O–H groups in total. The van der Waals surface area contributed by atoms with Gasteiger partial charge in [0.25, 0.3) is 0 Å². The molecule has 88 valence electrons. The summed E-state index contributed by atoms with van der Waals surface area (Å²) in [6, 6.07) is 10.6. The zero-order valence-electron chi connectivity index (χ0n) is 10.1. The number of ether oxygens (including phenoxy) is 2. The predicted octanol–water partition coefficient (Wildman–Crippen LogP) is 3.16. The Kier molecular flexibility index (Phi) is 3.62. The van der Waals surface area contributed by atoms with Gasteiger partial charge in [0, 0.05) is 0 Å². The molecule has 1 saturated heterocycles. The van der Waals surface area contributed by atoms with Crippen LogP contribution < -0.4 is 0 Å². The van der Waals surface area contributed by atoms with E-state index in [-0.39, 0.29) is 0 Å². The molecule has 0 aromatic heterocycles. The summed E-state index contributed by atoms with van der Waals surface area (Å²) in [5.74, 6) is -0.403. The third kappa shape index (κ3) is 3.32. The quantitative estimate of drug-likeness (QED) is 0.779. The Morgan fingerprint density at radius 2 is 2.00 bits per heavy atom. The minimum absolute atomic E-state index is 0.337. The Morgan fingerprint density at radius 1 is 1.25 bits per heavy atom. The minimum atomic E-state index is -0.403. The number of hydrogen-bond acceptors (Lipinski definition) is 2. The van der Waals surface area contributed by atoms with Crippen molar-refractivity contribution in [2.75, 3.05) is 6.61 Å². The van der Waals surface area contributed by atoms with Crippen molar-refractivity contribution < 1.29 is 9.47 Å². The molecule has 1 heterocycles. The largest absolute Gasteiger partial charge is 0.350 e. The van der Waals surface area contributed by atoms with Crippen LogP contribution in [0.15, 0.2) is 30.3 Å². The molecule has 0 amide bonds.